The van der Waals surface area contributed by atoms with E-state index in [0.29, 0.717) is 11.6 Å². The van der Waals surface area contributed by atoms with E-state index in [1.807, 2.05) is 45.2 Å². The number of hydrogen-bond acceptors (Lipinski definition) is 3. The van der Waals surface area contributed by atoms with Crippen LogP contribution in [0.15, 0.2) is 24.3 Å². The van der Waals surface area contributed by atoms with E-state index in [1.165, 1.54) is 0 Å². The van der Waals surface area contributed by atoms with Crippen molar-refractivity contribution in [2.45, 2.75) is 38.8 Å². The van der Waals surface area contributed by atoms with Gasteiger partial charge in [0, 0.05) is 11.6 Å². The van der Waals surface area contributed by atoms with Gasteiger partial charge in [-0.2, -0.15) is 0 Å². The third-order valence-electron chi connectivity index (χ3n) is 3.71. The number of ketones is 1. The molecule has 0 radical (unpaired) electrons. The van der Waals surface area contributed by atoms with Crippen LogP contribution in [-0.4, -0.2) is 42.3 Å². The Morgan fingerprint density at radius 2 is 1.90 bits per heavy atom. The van der Waals surface area contributed by atoms with Crippen LogP contribution < -0.4 is 5.32 Å². The Labute approximate surface area is 120 Å². The highest BCUT2D eigenvalue weighted by atomic mass is 16.2. The molecule has 0 bridgehead atoms. The topological polar surface area (TPSA) is 49.4 Å². The number of carbonyl (C=O) groups is 2. The number of nitrogens with one attached hydrogen (secondary N) is 1. The van der Waals surface area contributed by atoms with Gasteiger partial charge in [-0.3, -0.25) is 14.5 Å². The van der Waals surface area contributed by atoms with Crippen molar-refractivity contribution in [3.8, 4) is 0 Å². The summed E-state index contributed by atoms with van der Waals surface area (Å²) in [5.41, 5.74) is 1.82. The van der Waals surface area contributed by atoms with E-state index in [2.05, 4.69) is 5.32 Å². The minimum Gasteiger partial charge on any atom is -0.352 e. The number of likely N-dealkylation sites (N-methyl/N-ethyl adjacent to an activating group) is 1. The molecule has 0 spiro atoms. The summed E-state index contributed by atoms with van der Waals surface area (Å²) in [6.07, 6.45) is 2.15. The fourth-order valence-electron chi connectivity index (χ4n) is 2.02. The fraction of sp³-hybridized carbons (Fsp3) is 0.500. The van der Waals surface area contributed by atoms with Crippen LogP contribution >= 0.6 is 0 Å². The number of amides is 1. The molecule has 1 aliphatic rings. The molecule has 1 fully saturated rings. The van der Waals surface area contributed by atoms with Gasteiger partial charge in [-0.05, 0) is 33.7 Å². The van der Waals surface area contributed by atoms with E-state index >= 15 is 0 Å². The van der Waals surface area contributed by atoms with E-state index in [9.17, 15) is 9.59 Å². The first-order chi connectivity index (χ1) is 9.47. The molecule has 2 rings (SSSR count). The Morgan fingerprint density at radius 3 is 2.45 bits per heavy atom. The number of rotatable bonds is 6. The number of aryl methyl sites for hydroxylation is 1. The fourth-order valence-corrected chi connectivity index (χ4v) is 2.02. The van der Waals surface area contributed by atoms with Gasteiger partial charge in [-0.25, -0.2) is 0 Å². The maximum Gasteiger partial charge on any atom is 0.234 e. The van der Waals surface area contributed by atoms with Crippen molar-refractivity contribution in [3.05, 3.63) is 35.4 Å². The molecular weight excluding hydrogens is 252 g/mol. The minimum absolute atomic E-state index is 0.00134. The Morgan fingerprint density at radius 1 is 1.30 bits per heavy atom. The largest absolute Gasteiger partial charge is 0.352 e. The second-order valence-electron chi connectivity index (χ2n) is 5.66. The van der Waals surface area contributed by atoms with Crippen molar-refractivity contribution < 1.29 is 9.59 Å². The van der Waals surface area contributed by atoms with Crippen LogP contribution in [0.2, 0.25) is 0 Å². The third kappa shape index (κ3) is 3.90. The zero-order valence-electron chi connectivity index (χ0n) is 12.3. The average molecular weight is 274 g/mol. The highest BCUT2D eigenvalue weighted by molar-refractivity contribution is 6.00. The second-order valence-corrected chi connectivity index (χ2v) is 5.66. The van der Waals surface area contributed by atoms with Crippen LogP contribution in [0.4, 0.5) is 0 Å². The van der Waals surface area contributed by atoms with Crippen LogP contribution in [-0.2, 0) is 4.79 Å². The maximum atomic E-state index is 12.3. The summed E-state index contributed by atoms with van der Waals surface area (Å²) in [5, 5.41) is 2.93. The lowest BCUT2D eigenvalue weighted by molar-refractivity contribution is -0.122. The molecule has 1 aromatic carbocycles. The van der Waals surface area contributed by atoms with Crippen LogP contribution in [0, 0.1) is 6.92 Å². The van der Waals surface area contributed by atoms with Gasteiger partial charge in [-0.1, -0.05) is 29.8 Å². The SMILES string of the molecule is Cc1ccc(C(=O)C(C)N(C)CC(=O)NC2CC2)cc1. The number of hydrogen-bond donors (Lipinski definition) is 1. The molecule has 1 N–H and O–H groups in total. The molecule has 0 heterocycles. The lowest BCUT2D eigenvalue weighted by Crippen LogP contribution is -2.43. The standard InChI is InChI=1S/C16H22N2O2/c1-11-4-6-13(7-5-11)16(20)12(2)18(3)10-15(19)17-14-8-9-14/h4-7,12,14H,8-10H2,1-3H3,(H,17,19). The number of Topliss-reactive ketones (excluding diaryl/α,β-unsaturated/α-hetero) is 1. The van der Waals surface area contributed by atoms with Gasteiger partial charge in [0.1, 0.15) is 0 Å². The van der Waals surface area contributed by atoms with Crippen LogP contribution in [0.25, 0.3) is 0 Å². The monoisotopic (exact) mass is 274 g/mol. The lowest BCUT2D eigenvalue weighted by Gasteiger charge is -2.23. The van der Waals surface area contributed by atoms with E-state index in [0.717, 1.165) is 18.4 Å². The molecule has 0 aromatic heterocycles. The van der Waals surface area contributed by atoms with Gasteiger partial charge in [0.2, 0.25) is 5.91 Å². The summed E-state index contributed by atoms with van der Waals surface area (Å²) in [7, 11) is 1.81. The van der Waals surface area contributed by atoms with Crippen LogP contribution in [0.5, 0.6) is 0 Å². The van der Waals surface area contributed by atoms with Crippen molar-refractivity contribution in [2.75, 3.05) is 13.6 Å². The number of carbonyl (C=O) groups excluding carboxylic acids is 2. The Hall–Kier alpha value is -1.68. The molecule has 0 aliphatic heterocycles. The van der Waals surface area contributed by atoms with E-state index in [4.69, 9.17) is 0 Å². The molecule has 0 saturated heterocycles. The highest BCUT2D eigenvalue weighted by Crippen LogP contribution is 2.18. The number of nitrogens with zero attached hydrogens (tertiary/aromatic N) is 1. The summed E-state index contributed by atoms with van der Waals surface area (Å²) >= 11 is 0. The second kappa shape index (κ2) is 6.18. The molecular formula is C16H22N2O2. The molecule has 1 unspecified atom stereocenters. The van der Waals surface area contributed by atoms with Crippen molar-refractivity contribution in [1.29, 1.82) is 0 Å². The average Bonchev–Trinajstić information content (AvgIpc) is 3.21. The molecule has 1 aromatic rings. The van der Waals surface area contributed by atoms with Gasteiger partial charge in [0.05, 0.1) is 12.6 Å². The minimum atomic E-state index is -0.303. The van der Waals surface area contributed by atoms with Crippen molar-refractivity contribution in [1.82, 2.24) is 10.2 Å². The highest BCUT2D eigenvalue weighted by Gasteiger charge is 2.26. The van der Waals surface area contributed by atoms with Gasteiger partial charge in [0.15, 0.2) is 5.78 Å². The molecule has 4 heteroatoms. The smallest absolute Gasteiger partial charge is 0.234 e. The Balaban J connectivity index is 1.91. The maximum absolute atomic E-state index is 12.3. The quantitative estimate of drug-likeness (QED) is 0.804. The normalized spacial score (nSPS) is 16.0. The molecule has 1 amide bonds. The zero-order chi connectivity index (χ0) is 14.7. The van der Waals surface area contributed by atoms with E-state index < -0.39 is 0 Å². The molecule has 20 heavy (non-hydrogen) atoms. The number of benzene rings is 1. The Bertz CT molecular complexity index is 492. The van der Waals surface area contributed by atoms with Gasteiger partial charge in [-0.15, -0.1) is 0 Å². The van der Waals surface area contributed by atoms with Crippen molar-refractivity contribution in [3.63, 3.8) is 0 Å². The van der Waals surface area contributed by atoms with Crippen molar-refractivity contribution >= 4 is 11.7 Å². The van der Waals surface area contributed by atoms with E-state index in [1.54, 1.807) is 4.90 Å². The van der Waals surface area contributed by atoms with Crippen molar-refractivity contribution in [2.24, 2.45) is 0 Å². The molecule has 108 valence electrons. The summed E-state index contributed by atoms with van der Waals surface area (Å²) in [4.78, 5) is 25.9. The van der Waals surface area contributed by atoms with Crippen LogP contribution in [0.1, 0.15) is 35.7 Å². The predicted octanol–water partition coefficient (Wildman–Crippen LogP) is 1.78. The molecule has 4 nitrogen and oxygen atoms in total. The van der Waals surface area contributed by atoms with E-state index in [-0.39, 0.29) is 24.3 Å². The molecule has 1 saturated carbocycles. The predicted molar refractivity (Wildman–Crippen MR) is 78.8 cm³/mol. The summed E-state index contributed by atoms with van der Waals surface area (Å²) in [6, 6.07) is 7.60. The van der Waals surface area contributed by atoms with Gasteiger partial charge >= 0.3 is 0 Å². The Kier molecular flexibility index (Phi) is 4.55. The first-order valence-electron chi connectivity index (χ1n) is 7.08. The molecule has 1 aliphatic carbocycles. The lowest BCUT2D eigenvalue weighted by atomic mass is 10.0. The van der Waals surface area contributed by atoms with Crippen LogP contribution in [0.3, 0.4) is 0 Å². The van der Waals surface area contributed by atoms with Gasteiger partial charge < -0.3 is 5.32 Å². The van der Waals surface area contributed by atoms with Gasteiger partial charge in [0.25, 0.3) is 0 Å². The third-order valence-corrected chi connectivity index (χ3v) is 3.71. The molecule has 1 atom stereocenters. The first kappa shape index (κ1) is 14.7. The summed E-state index contributed by atoms with van der Waals surface area (Å²) in [6.45, 7) is 4.09. The summed E-state index contributed by atoms with van der Waals surface area (Å²) < 4.78 is 0. The zero-order valence-corrected chi connectivity index (χ0v) is 12.3. The first-order valence-corrected chi connectivity index (χ1v) is 7.08. The summed E-state index contributed by atoms with van der Waals surface area (Å²) in [5.74, 6) is 0.0466.